The minimum absolute atomic E-state index is 0.103. The smallest absolute Gasteiger partial charge is 0.246 e. The van der Waals surface area contributed by atoms with E-state index >= 15 is 0 Å². The summed E-state index contributed by atoms with van der Waals surface area (Å²) >= 11 is 0. The number of likely N-dealkylation sites (N-methyl/N-ethyl adjacent to an activating group) is 1. The number of nitrogens with one attached hydrogen (secondary N) is 3. The highest BCUT2D eigenvalue weighted by Gasteiger charge is 2.39. The van der Waals surface area contributed by atoms with Gasteiger partial charge in [0.1, 0.15) is 23.9 Å². The SMILES string of the molecule is CNC(=O)C1CCCN1C(=O)C(NC(=O)C(Cc1ccc(O)cc1)NC(C)=O)C(C)C. The van der Waals surface area contributed by atoms with Gasteiger partial charge in [0.25, 0.3) is 0 Å². The Labute approximate surface area is 182 Å². The van der Waals surface area contributed by atoms with Crippen molar-refractivity contribution in [2.45, 2.75) is 58.2 Å². The standard InChI is InChI=1S/C22H32N4O5/c1-13(2)19(22(31)26-11-5-6-18(26)21(30)23-4)25-20(29)17(24-14(3)27)12-15-7-9-16(28)10-8-15/h7-10,13,17-19,28H,5-6,11-12H2,1-4H3,(H,23,30)(H,24,27)(H,25,29). The lowest BCUT2D eigenvalue weighted by molar-refractivity contribution is -0.142. The summed E-state index contributed by atoms with van der Waals surface area (Å²) in [5.41, 5.74) is 0.748. The number of benzene rings is 1. The molecular weight excluding hydrogens is 400 g/mol. The van der Waals surface area contributed by atoms with E-state index in [0.29, 0.717) is 13.0 Å². The van der Waals surface area contributed by atoms with Crippen LogP contribution in [0.3, 0.4) is 0 Å². The van der Waals surface area contributed by atoms with Crippen LogP contribution >= 0.6 is 0 Å². The molecular formula is C22H32N4O5. The van der Waals surface area contributed by atoms with Crippen molar-refractivity contribution in [2.24, 2.45) is 5.92 Å². The van der Waals surface area contributed by atoms with E-state index in [1.165, 1.54) is 31.0 Å². The molecule has 170 valence electrons. The molecule has 1 aliphatic heterocycles. The number of hydrogen-bond donors (Lipinski definition) is 4. The zero-order valence-electron chi connectivity index (χ0n) is 18.5. The average Bonchev–Trinajstić information content (AvgIpc) is 3.21. The van der Waals surface area contributed by atoms with Gasteiger partial charge >= 0.3 is 0 Å². The maximum Gasteiger partial charge on any atom is 0.246 e. The van der Waals surface area contributed by atoms with Gasteiger partial charge in [-0.2, -0.15) is 0 Å². The number of carbonyl (C=O) groups is 4. The van der Waals surface area contributed by atoms with Crippen LogP contribution in [0, 0.1) is 5.92 Å². The summed E-state index contributed by atoms with van der Waals surface area (Å²) in [5.74, 6) is -1.49. The molecule has 1 fully saturated rings. The van der Waals surface area contributed by atoms with Gasteiger partial charge in [0.05, 0.1) is 0 Å². The number of hydrogen-bond acceptors (Lipinski definition) is 5. The first kappa shape index (κ1) is 24.2. The third-order valence-corrected chi connectivity index (χ3v) is 5.39. The molecule has 31 heavy (non-hydrogen) atoms. The molecule has 1 saturated heterocycles. The first-order chi connectivity index (χ1) is 14.6. The van der Waals surface area contributed by atoms with Crippen LogP contribution in [0.5, 0.6) is 5.75 Å². The van der Waals surface area contributed by atoms with Gasteiger partial charge in [-0.1, -0.05) is 26.0 Å². The highest BCUT2D eigenvalue weighted by molar-refractivity contribution is 5.94. The van der Waals surface area contributed by atoms with E-state index < -0.39 is 24.0 Å². The van der Waals surface area contributed by atoms with Crippen LogP contribution < -0.4 is 16.0 Å². The molecule has 4 amide bonds. The van der Waals surface area contributed by atoms with Gasteiger partial charge in [-0.15, -0.1) is 0 Å². The molecule has 3 unspecified atom stereocenters. The third-order valence-electron chi connectivity index (χ3n) is 5.39. The molecule has 0 aromatic heterocycles. The van der Waals surface area contributed by atoms with Crippen LogP contribution in [0.1, 0.15) is 39.2 Å². The van der Waals surface area contributed by atoms with Crippen molar-refractivity contribution in [3.63, 3.8) is 0 Å². The maximum atomic E-state index is 13.2. The van der Waals surface area contributed by atoms with E-state index in [2.05, 4.69) is 16.0 Å². The van der Waals surface area contributed by atoms with Crippen molar-refractivity contribution in [2.75, 3.05) is 13.6 Å². The third kappa shape index (κ3) is 6.44. The molecule has 9 heteroatoms. The number of phenols is 1. The molecule has 9 nitrogen and oxygen atoms in total. The Kier molecular flexibility index (Phi) is 8.41. The van der Waals surface area contributed by atoms with Gasteiger partial charge in [0, 0.05) is 26.9 Å². The fourth-order valence-corrected chi connectivity index (χ4v) is 3.74. The molecule has 0 saturated carbocycles. The maximum absolute atomic E-state index is 13.2. The zero-order valence-corrected chi connectivity index (χ0v) is 18.5. The molecule has 0 aliphatic carbocycles. The van der Waals surface area contributed by atoms with Crippen molar-refractivity contribution >= 4 is 23.6 Å². The monoisotopic (exact) mass is 432 g/mol. The number of carbonyl (C=O) groups excluding carboxylic acids is 4. The fraction of sp³-hybridized carbons (Fsp3) is 0.545. The second-order valence-electron chi connectivity index (χ2n) is 8.16. The second kappa shape index (κ2) is 10.8. The summed E-state index contributed by atoms with van der Waals surface area (Å²) in [5, 5.41) is 17.4. The molecule has 4 N–H and O–H groups in total. The van der Waals surface area contributed by atoms with Crippen molar-refractivity contribution in [3.8, 4) is 5.75 Å². The Hall–Kier alpha value is -3.10. The van der Waals surface area contributed by atoms with Crippen molar-refractivity contribution in [3.05, 3.63) is 29.8 Å². The molecule has 1 aromatic rings. The van der Waals surface area contributed by atoms with Crippen molar-refractivity contribution < 1.29 is 24.3 Å². The molecule has 1 heterocycles. The van der Waals surface area contributed by atoms with Gasteiger partial charge in [-0.3, -0.25) is 19.2 Å². The minimum atomic E-state index is -0.885. The van der Waals surface area contributed by atoms with E-state index in [4.69, 9.17) is 0 Å². The number of aromatic hydroxyl groups is 1. The van der Waals surface area contributed by atoms with E-state index in [9.17, 15) is 24.3 Å². The van der Waals surface area contributed by atoms with Gasteiger partial charge in [0.15, 0.2) is 0 Å². The predicted molar refractivity (Wildman–Crippen MR) is 115 cm³/mol. The lowest BCUT2D eigenvalue weighted by Gasteiger charge is -2.31. The average molecular weight is 433 g/mol. The molecule has 0 spiro atoms. The molecule has 2 rings (SSSR count). The highest BCUT2D eigenvalue weighted by Crippen LogP contribution is 2.20. The van der Waals surface area contributed by atoms with E-state index in [1.54, 1.807) is 12.1 Å². The van der Waals surface area contributed by atoms with E-state index in [-0.39, 0.29) is 35.8 Å². The summed E-state index contributed by atoms with van der Waals surface area (Å²) < 4.78 is 0. The van der Waals surface area contributed by atoms with Crippen molar-refractivity contribution in [1.29, 1.82) is 0 Å². The summed E-state index contributed by atoms with van der Waals surface area (Å²) in [6.07, 6.45) is 1.51. The zero-order chi connectivity index (χ0) is 23.1. The highest BCUT2D eigenvalue weighted by atomic mass is 16.3. The van der Waals surface area contributed by atoms with Crippen LogP contribution in [0.4, 0.5) is 0 Å². The van der Waals surface area contributed by atoms with Gasteiger partial charge in [0.2, 0.25) is 23.6 Å². The molecule has 0 radical (unpaired) electrons. The van der Waals surface area contributed by atoms with Crippen LogP contribution in [-0.2, 0) is 25.6 Å². The molecule has 1 aromatic carbocycles. The Morgan fingerprint density at radius 1 is 1.13 bits per heavy atom. The number of rotatable bonds is 8. The normalized spacial score (nSPS) is 17.7. The first-order valence-corrected chi connectivity index (χ1v) is 10.5. The Bertz CT molecular complexity index is 809. The van der Waals surface area contributed by atoms with Crippen LogP contribution in [0.2, 0.25) is 0 Å². The predicted octanol–water partition coefficient (Wildman–Crippen LogP) is 0.317. The van der Waals surface area contributed by atoms with E-state index in [0.717, 1.165) is 12.0 Å². The summed E-state index contributed by atoms with van der Waals surface area (Å²) in [6, 6.07) is 4.09. The number of likely N-dealkylation sites (tertiary alicyclic amines) is 1. The Morgan fingerprint density at radius 2 is 1.77 bits per heavy atom. The van der Waals surface area contributed by atoms with E-state index in [1.807, 2.05) is 13.8 Å². The van der Waals surface area contributed by atoms with Crippen LogP contribution in [0.25, 0.3) is 0 Å². The topological polar surface area (TPSA) is 128 Å². The number of phenolic OH excluding ortho intramolecular Hbond substituents is 1. The lowest BCUT2D eigenvalue weighted by atomic mass is 10.00. The van der Waals surface area contributed by atoms with Gasteiger partial charge in [-0.05, 0) is 36.5 Å². The lowest BCUT2D eigenvalue weighted by Crippen LogP contribution is -2.58. The van der Waals surface area contributed by atoms with Gasteiger partial charge < -0.3 is 26.0 Å². The van der Waals surface area contributed by atoms with Crippen LogP contribution in [-0.4, -0.2) is 65.4 Å². The minimum Gasteiger partial charge on any atom is -0.508 e. The molecule has 0 bridgehead atoms. The summed E-state index contributed by atoms with van der Waals surface area (Å²) in [7, 11) is 1.53. The first-order valence-electron chi connectivity index (χ1n) is 10.5. The molecule has 1 aliphatic rings. The number of nitrogens with zero attached hydrogens (tertiary/aromatic N) is 1. The van der Waals surface area contributed by atoms with Crippen LogP contribution in [0.15, 0.2) is 24.3 Å². The second-order valence-corrected chi connectivity index (χ2v) is 8.16. The Balaban J connectivity index is 2.17. The summed E-state index contributed by atoms with van der Waals surface area (Å²) in [6.45, 7) is 5.42. The van der Waals surface area contributed by atoms with Crippen molar-refractivity contribution in [1.82, 2.24) is 20.9 Å². The quantitative estimate of drug-likeness (QED) is 0.470. The number of amides is 4. The largest absolute Gasteiger partial charge is 0.508 e. The Morgan fingerprint density at radius 3 is 2.32 bits per heavy atom. The fourth-order valence-electron chi connectivity index (χ4n) is 3.74. The molecule has 3 atom stereocenters. The summed E-state index contributed by atoms with van der Waals surface area (Å²) in [4.78, 5) is 51.6. The van der Waals surface area contributed by atoms with Gasteiger partial charge in [-0.25, -0.2) is 0 Å².